The molecule has 0 aliphatic rings. The molecule has 0 atom stereocenters. The van der Waals surface area contributed by atoms with E-state index in [1.165, 1.54) is 21.5 Å². The zero-order chi connectivity index (χ0) is 28.1. The molecule has 6 heterocycles. The molecule has 0 saturated heterocycles. The normalized spacial score (nSPS) is 12.2. The van der Waals surface area contributed by atoms with Crippen LogP contribution in [-0.2, 0) is 0 Å². The first-order valence-electron chi connectivity index (χ1n) is 14.4. The quantitative estimate of drug-likeness (QED) is 0.203. The molecule has 10 aromatic rings. The molecule has 43 heavy (non-hydrogen) atoms. The van der Waals surface area contributed by atoms with Gasteiger partial charge in [0.25, 0.3) is 0 Å². The second kappa shape index (κ2) is 8.27. The highest BCUT2D eigenvalue weighted by atomic mass is 15.2. The maximum atomic E-state index is 5.54. The van der Waals surface area contributed by atoms with E-state index in [0.717, 1.165) is 61.3 Å². The van der Waals surface area contributed by atoms with Gasteiger partial charge < -0.3 is 0 Å². The molecule has 0 saturated carbocycles. The minimum atomic E-state index is 0.845. The van der Waals surface area contributed by atoms with Gasteiger partial charge in [-0.15, -0.1) is 0 Å². The lowest BCUT2D eigenvalue weighted by atomic mass is 10.2. The largest absolute Gasteiger partial charge is 0.292 e. The number of fused-ring (bicyclic) bond motifs is 12. The molecular formula is C37H22N6. The van der Waals surface area contributed by atoms with Crippen molar-refractivity contribution in [1.82, 2.24) is 28.5 Å². The van der Waals surface area contributed by atoms with Crippen LogP contribution in [0.4, 0.5) is 0 Å². The fraction of sp³-hybridized carbons (Fsp3) is 0. The van der Waals surface area contributed by atoms with E-state index in [1.807, 2.05) is 24.5 Å². The Kier molecular flexibility index (Phi) is 4.36. The lowest BCUT2D eigenvalue weighted by Crippen LogP contribution is -2.06. The summed E-state index contributed by atoms with van der Waals surface area (Å²) < 4.78 is 6.98. The van der Waals surface area contributed by atoms with E-state index >= 15 is 0 Å². The fourth-order valence-corrected chi connectivity index (χ4v) is 7.00. The number of para-hydroxylation sites is 4. The zero-order valence-electron chi connectivity index (χ0n) is 22.9. The first-order chi connectivity index (χ1) is 21.4. The molecule has 200 valence electrons. The molecule has 0 bridgehead atoms. The summed E-state index contributed by atoms with van der Waals surface area (Å²) in [5, 5.41) is 5.75. The van der Waals surface area contributed by atoms with Crippen molar-refractivity contribution in [3.63, 3.8) is 0 Å². The average Bonchev–Trinajstić information content (AvgIpc) is 3.73. The Balaban J connectivity index is 1.53. The highest BCUT2D eigenvalue weighted by molar-refractivity contribution is 6.13. The average molecular weight is 551 g/mol. The minimum absolute atomic E-state index is 0.845. The van der Waals surface area contributed by atoms with Crippen molar-refractivity contribution in [1.29, 1.82) is 0 Å². The molecule has 4 aromatic carbocycles. The summed E-state index contributed by atoms with van der Waals surface area (Å²) in [5.41, 5.74) is 7.96. The van der Waals surface area contributed by atoms with Crippen molar-refractivity contribution in [2.24, 2.45) is 0 Å². The molecule has 0 fully saturated rings. The third kappa shape index (κ3) is 2.89. The molecule has 0 spiro atoms. The molecular weight excluding hydrogens is 528 g/mol. The summed E-state index contributed by atoms with van der Waals surface area (Å²) >= 11 is 0. The molecule has 0 aliphatic carbocycles. The standard InChI is InChI=1S/C37H22N6/c1-5-16-28-23(11-1)24-12-2-6-17-29(24)41(28)36-37(42-30-18-7-3-13-25(30)26-14-4-8-19-31(26)42)43-32-20-10-22-39-34(32)33-27(35(43)40-36)15-9-21-38-33/h1-22H. The summed E-state index contributed by atoms with van der Waals surface area (Å²) in [7, 11) is 0. The number of hydrogen-bond acceptors (Lipinski definition) is 3. The van der Waals surface area contributed by atoms with Gasteiger partial charge in [-0.1, -0.05) is 72.8 Å². The summed E-state index contributed by atoms with van der Waals surface area (Å²) in [6.45, 7) is 0. The van der Waals surface area contributed by atoms with Gasteiger partial charge in [0.1, 0.15) is 11.0 Å². The van der Waals surface area contributed by atoms with Gasteiger partial charge in [-0.25, -0.2) is 4.98 Å². The number of hydrogen-bond donors (Lipinski definition) is 0. The summed E-state index contributed by atoms with van der Waals surface area (Å²) in [4.78, 5) is 15.2. The second-order valence-corrected chi connectivity index (χ2v) is 10.9. The Morgan fingerprint density at radius 1 is 0.395 bits per heavy atom. The van der Waals surface area contributed by atoms with E-state index in [-0.39, 0.29) is 0 Å². The molecule has 6 nitrogen and oxygen atoms in total. The van der Waals surface area contributed by atoms with Crippen LogP contribution in [-0.4, -0.2) is 28.5 Å². The molecule has 0 amide bonds. The second-order valence-electron chi connectivity index (χ2n) is 10.9. The Hall–Kier alpha value is -6.01. The molecule has 0 unspecified atom stereocenters. The van der Waals surface area contributed by atoms with Crippen LogP contribution in [0.15, 0.2) is 134 Å². The number of pyridine rings is 3. The number of aromatic nitrogens is 6. The van der Waals surface area contributed by atoms with Crippen LogP contribution in [0.25, 0.3) is 82.8 Å². The SMILES string of the molecule is c1ccc2c(c1)c1ccccc1n2-c1nc2c3cccnc3c3ncccc3n2c1-n1c2ccccc2c2ccccc21. The van der Waals surface area contributed by atoms with Crippen molar-refractivity contribution in [3.05, 3.63) is 134 Å². The highest BCUT2D eigenvalue weighted by Gasteiger charge is 2.26. The van der Waals surface area contributed by atoms with Gasteiger partial charge in [-0.2, -0.15) is 0 Å². The molecule has 6 heteroatoms. The lowest BCUT2D eigenvalue weighted by molar-refractivity contribution is 1.02. The molecule has 6 aromatic heterocycles. The van der Waals surface area contributed by atoms with Gasteiger partial charge in [0.15, 0.2) is 17.3 Å². The first kappa shape index (κ1) is 22.7. The van der Waals surface area contributed by atoms with Crippen LogP contribution < -0.4 is 0 Å². The van der Waals surface area contributed by atoms with E-state index in [2.05, 4.69) is 123 Å². The van der Waals surface area contributed by atoms with Gasteiger partial charge in [0.05, 0.1) is 27.6 Å². The number of rotatable bonds is 2. The Morgan fingerprint density at radius 3 is 1.42 bits per heavy atom. The van der Waals surface area contributed by atoms with Crippen molar-refractivity contribution in [2.45, 2.75) is 0 Å². The van der Waals surface area contributed by atoms with Crippen LogP contribution in [0.5, 0.6) is 0 Å². The van der Waals surface area contributed by atoms with Gasteiger partial charge in [0, 0.05) is 39.3 Å². The summed E-state index contributed by atoms with van der Waals surface area (Å²) in [6, 6.07) is 42.6. The number of nitrogens with zero attached hydrogens (tertiary/aromatic N) is 6. The maximum Gasteiger partial charge on any atom is 0.182 e. The van der Waals surface area contributed by atoms with E-state index in [1.54, 1.807) is 0 Å². The van der Waals surface area contributed by atoms with Crippen molar-refractivity contribution in [3.8, 4) is 11.6 Å². The van der Waals surface area contributed by atoms with Gasteiger partial charge in [-0.05, 0) is 48.5 Å². The van der Waals surface area contributed by atoms with Gasteiger partial charge in [0.2, 0.25) is 0 Å². The third-order valence-corrected chi connectivity index (χ3v) is 8.72. The van der Waals surface area contributed by atoms with Gasteiger partial charge in [-0.3, -0.25) is 23.5 Å². The van der Waals surface area contributed by atoms with Crippen LogP contribution in [0.1, 0.15) is 0 Å². The fourth-order valence-electron chi connectivity index (χ4n) is 7.00. The topological polar surface area (TPSA) is 52.9 Å². The first-order valence-corrected chi connectivity index (χ1v) is 14.4. The van der Waals surface area contributed by atoms with E-state index in [0.29, 0.717) is 0 Å². The van der Waals surface area contributed by atoms with Crippen LogP contribution in [0, 0.1) is 0 Å². The minimum Gasteiger partial charge on any atom is -0.292 e. The smallest absolute Gasteiger partial charge is 0.182 e. The Labute approximate surface area is 244 Å². The summed E-state index contributed by atoms with van der Waals surface area (Å²) in [5.74, 6) is 1.81. The van der Waals surface area contributed by atoms with Crippen molar-refractivity contribution >= 4 is 71.2 Å². The van der Waals surface area contributed by atoms with Gasteiger partial charge >= 0.3 is 0 Å². The molecule has 10 rings (SSSR count). The highest BCUT2D eigenvalue weighted by Crippen LogP contribution is 2.40. The third-order valence-electron chi connectivity index (χ3n) is 8.72. The van der Waals surface area contributed by atoms with Crippen LogP contribution in [0.2, 0.25) is 0 Å². The zero-order valence-corrected chi connectivity index (χ0v) is 22.9. The number of imidazole rings is 1. The maximum absolute atomic E-state index is 5.54. The van der Waals surface area contributed by atoms with E-state index in [9.17, 15) is 0 Å². The summed E-state index contributed by atoms with van der Waals surface area (Å²) in [6.07, 6.45) is 3.67. The number of benzene rings is 4. The monoisotopic (exact) mass is 550 g/mol. The molecule has 0 aliphatic heterocycles. The Bertz CT molecular complexity index is 2640. The van der Waals surface area contributed by atoms with Crippen LogP contribution in [0.3, 0.4) is 0 Å². The van der Waals surface area contributed by atoms with Crippen molar-refractivity contribution < 1.29 is 0 Å². The van der Waals surface area contributed by atoms with E-state index in [4.69, 9.17) is 15.0 Å². The lowest BCUT2D eigenvalue weighted by Gasteiger charge is -2.14. The predicted octanol–water partition coefficient (Wildman–Crippen LogP) is 8.62. The predicted molar refractivity (Wildman–Crippen MR) is 174 cm³/mol. The molecule has 0 N–H and O–H groups in total. The Morgan fingerprint density at radius 2 is 0.837 bits per heavy atom. The van der Waals surface area contributed by atoms with Crippen molar-refractivity contribution in [2.75, 3.05) is 0 Å². The van der Waals surface area contributed by atoms with Crippen LogP contribution >= 0.6 is 0 Å². The molecule has 0 radical (unpaired) electrons. The van der Waals surface area contributed by atoms with E-state index < -0.39 is 0 Å².